The number of aromatic nitrogens is 3. The van der Waals surface area contributed by atoms with Crippen molar-refractivity contribution in [2.75, 3.05) is 19.1 Å². The van der Waals surface area contributed by atoms with Crippen LogP contribution in [0.2, 0.25) is 0 Å². The van der Waals surface area contributed by atoms with E-state index in [0.717, 1.165) is 54.0 Å². The highest BCUT2D eigenvalue weighted by Crippen LogP contribution is 2.36. The summed E-state index contributed by atoms with van der Waals surface area (Å²) < 4.78 is 12.9. The predicted molar refractivity (Wildman–Crippen MR) is 103 cm³/mol. The van der Waals surface area contributed by atoms with Crippen LogP contribution in [0.15, 0.2) is 23.4 Å². The fourth-order valence-electron chi connectivity index (χ4n) is 3.61. The predicted octanol–water partition coefficient (Wildman–Crippen LogP) is 3.19. The Morgan fingerprint density at radius 1 is 1.26 bits per heavy atom. The number of hydrogen-bond acceptors (Lipinski definition) is 6. The molecule has 0 N–H and O–H groups in total. The van der Waals surface area contributed by atoms with Crippen molar-refractivity contribution in [1.29, 1.82) is 0 Å². The summed E-state index contributed by atoms with van der Waals surface area (Å²) in [4.78, 5) is 14.6. The Morgan fingerprint density at radius 3 is 2.93 bits per heavy atom. The van der Waals surface area contributed by atoms with Crippen LogP contribution in [-0.4, -0.2) is 50.7 Å². The number of ether oxygens (including phenoxy) is 2. The lowest BCUT2D eigenvalue weighted by atomic mass is 10.0. The van der Waals surface area contributed by atoms with Gasteiger partial charge in [0, 0.05) is 24.7 Å². The second kappa shape index (κ2) is 7.80. The maximum Gasteiger partial charge on any atom is 0.233 e. The molecule has 1 atom stereocenters. The minimum absolute atomic E-state index is 0.183. The number of piperidine rings is 1. The zero-order chi connectivity index (χ0) is 18.8. The number of fused-ring (bicyclic) bond motifs is 1. The molecule has 0 aliphatic carbocycles. The highest BCUT2D eigenvalue weighted by Gasteiger charge is 2.24. The van der Waals surface area contributed by atoms with Crippen LogP contribution in [-0.2, 0) is 11.3 Å². The van der Waals surface area contributed by atoms with Gasteiger partial charge in [-0.15, -0.1) is 10.2 Å². The molecular formula is C19H24N4O3S. The molecule has 1 amide bonds. The molecule has 27 heavy (non-hydrogen) atoms. The van der Waals surface area contributed by atoms with Crippen LogP contribution in [0.4, 0.5) is 0 Å². The Bertz CT molecular complexity index is 838. The van der Waals surface area contributed by atoms with Crippen molar-refractivity contribution in [1.82, 2.24) is 19.7 Å². The van der Waals surface area contributed by atoms with E-state index in [0.29, 0.717) is 11.8 Å². The van der Waals surface area contributed by atoms with Crippen molar-refractivity contribution in [2.24, 2.45) is 0 Å². The molecule has 8 heteroatoms. The molecule has 1 fully saturated rings. The van der Waals surface area contributed by atoms with Crippen LogP contribution in [0.5, 0.6) is 11.5 Å². The molecule has 2 aliphatic rings. The number of likely N-dealkylation sites (tertiary alicyclic amines) is 1. The van der Waals surface area contributed by atoms with Gasteiger partial charge < -0.3 is 18.9 Å². The number of carbonyl (C=O) groups is 1. The Kier molecular flexibility index (Phi) is 5.24. The van der Waals surface area contributed by atoms with E-state index in [4.69, 9.17) is 9.47 Å². The van der Waals surface area contributed by atoms with Crippen molar-refractivity contribution in [3.63, 3.8) is 0 Å². The number of nitrogens with zero attached hydrogens (tertiary/aromatic N) is 4. The van der Waals surface area contributed by atoms with E-state index in [1.807, 2.05) is 27.7 Å². The average molecular weight is 388 g/mol. The summed E-state index contributed by atoms with van der Waals surface area (Å²) in [5.74, 6) is 2.82. The fraction of sp³-hybridized carbons (Fsp3) is 0.526. The van der Waals surface area contributed by atoms with Crippen LogP contribution in [0, 0.1) is 0 Å². The van der Waals surface area contributed by atoms with Gasteiger partial charge in [-0.1, -0.05) is 11.8 Å². The number of hydrogen-bond donors (Lipinski definition) is 0. The molecule has 2 aromatic rings. The van der Waals surface area contributed by atoms with Gasteiger partial charge in [0.05, 0.1) is 5.75 Å². The van der Waals surface area contributed by atoms with Gasteiger partial charge in [-0.3, -0.25) is 4.79 Å². The molecule has 2 aliphatic heterocycles. The monoisotopic (exact) mass is 388 g/mol. The van der Waals surface area contributed by atoms with Gasteiger partial charge in [0.2, 0.25) is 12.7 Å². The number of rotatable bonds is 5. The minimum atomic E-state index is 0.183. The molecule has 0 unspecified atom stereocenters. The van der Waals surface area contributed by atoms with E-state index >= 15 is 0 Å². The molecule has 3 heterocycles. The van der Waals surface area contributed by atoms with E-state index in [9.17, 15) is 4.79 Å². The molecule has 0 bridgehead atoms. The van der Waals surface area contributed by atoms with Crippen molar-refractivity contribution in [3.8, 4) is 22.9 Å². The lowest BCUT2D eigenvalue weighted by Gasteiger charge is -2.33. The largest absolute Gasteiger partial charge is 0.454 e. The lowest BCUT2D eigenvalue weighted by molar-refractivity contribution is -0.131. The number of benzene rings is 1. The second-order valence-corrected chi connectivity index (χ2v) is 7.78. The Morgan fingerprint density at radius 2 is 2.11 bits per heavy atom. The van der Waals surface area contributed by atoms with Crippen molar-refractivity contribution < 1.29 is 14.3 Å². The summed E-state index contributed by atoms with van der Waals surface area (Å²) in [7, 11) is 0. The number of amides is 1. The first-order valence-electron chi connectivity index (χ1n) is 9.43. The highest BCUT2D eigenvalue weighted by atomic mass is 32.2. The van der Waals surface area contributed by atoms with Gasteiger partial charge in [-0.2, -0.15) is 0 Å². The first-order chi connectivity index (χ1) is 13.2. The van der Waals surface area contributed by atoms with Crippen LogP contribution >= 0.6 is 11.8 Å². The first kappa shape index (κ1) is 18.2. The lowest BCUT2D eigenvalue weighted by Crippen LogP contribution is -2.43. The molecule has 1 aromatic carbocycles. The maximum absolute atomic E-state index is 12.6. The Labute approximate surface area is 163 Å². The van der Waals surface area contributed by atoms with Crippen LogP contribution in [0.25, 0.3) is 11.4 Å². The maximum atomic E-state index is 12.6. The summed E-state index contributed by atoms with van der Waals surface area (Å²) >= 11 is 1.46. The number of thioether (sulfide) groups is 1. The first-order valence-corrected chi connectivity index (χ1v) is 10.4. The van der Waals surface area contributed by atoms with Gasteiger partial charge in [0.25, 0.3) is 0 Å². The van der Waals surface area contributed by atoms with E-state index in [1.165, 1.54) is 18.2 Å². The van der Waals surface area contributed by atoms with Crippen LogP contribution < -0.4 is 9.47 Å². The van der Waals surface area contributed by atoms with Gasteiger partial charge in [-0.05, 0) is 51.3 Å². The molecule has 1 aromatic heterocycles. The fourth-order valence-corrected chi connectivity index (χ4v) is 4.50. The zero-order valence-electron chi connectivity index (χ0n) is 15.7. The highest BCUT2D eigenvalue weighted by molar-refractivity contribution is 7.99. The number of carbonyl (C=O) groups excluding carboxylic acids is 1. The van der Waals surface area contributed by atoms with Gasteiger partial charge in [0.1, 0.15) is 0 Å². The SMILES string of the molecule is CCn1c(SCC(=O)N2CCCC[C@H]2C)nnc1-c1ccc2c(c1)OCO2. The Hall–Kier alpha value is -2.22. The third-order valence-corrected chi connectivity index (χ3v) is 6.06. The summed E-state index contributed by atoms with van der Waals surface area (Å²) in [6.45, 7) is 6.03. The third-order valence-electron chi connectivity index (χ3n) is 5.11. The normalized spacial score (nSPS) is 18.7. The summed E-state index contributed by atoms with van der Waals surface area (Å²) in [6, 6.07) is 6.10. The quantitative estimate of drug-likeness (QED) is 0.733. The molecule has 7 nitrogen and oxygen atoms in total. The minimum Gasteiger partial charge on any atom is -0.454 e. The van der Waals surface area contributed by atoms with Gasteiger partial charge in [0.15, 0.2) is 22.5 Å². The Balaban J connectivity index is 1.49. The molecular weight excluding hydrogens is 364 g/mol. The topological polar surface area (TPSA) is 69.5 Å². The zero-order valence-corrected chi connectivity index (χ0v) is 16.5. The van der Waals surface area contributed by atoms with E-state index in [1.54, 1.807) is 0 Å². The molecule has 0 saturated carbocycles. The average Bonchev–Trinajstić information content (AvgIpc) is 3.32. The van der Waals surface area contributed by atoms with Gasteiger partial charge in [-0.25, -0.2) is 0 Å². The summed E-state index contributed by atoms with van der Waals surface area (Å²) in [5, 5.41) is 9.45. The van der Waals surface area contributed by atoms with Crippen molar-refractivity contribution in [2.45, 2.75) is 50.9 Å². The molecule has 144 valence electrons. The summed E-state index contributed by atoms with van der Waals surface area (Å²) in [6.07, 6.45) is 3.40. The van der Waals surface area contributed by atoms with Crippen LogP contribution in [0.3, 0.4) is 0 Å². The second-order valence-electron chi connectivity index (χ2n) is 6.84. The molecule has 1 saturated heterocycles. The smallest absolute Gasteiger partial charge is 0.233 e. The molecule has 0 radical (unpaired) electrons. The third kappa shape index (κ3) is 3.63. The molecule has 0 spiro atoms. The van der Waals surface area contributed by atoms with Crippen molar-refractivity contribution in [3.05, 3.63) is 18.2 Å². The van der Waals surface area contributed by atoms with E-state index in [2.05, 4.69) is 24.0 Å². The van der Waals surface area contributed by atoms with E-state index < -0.39 is 0 Å². The van der Waals surface area contributed by atoms with E-state index in [-0.39, 0.29) is 12.7 Å². The standard InChI is InChI=1S/C19H24N4O3S/c1-3-22-18(14-7-8-15-16(10-14)26-12-25-15)20-21-19(22)27-11-17(24)23-9-5-4-6-13(23)2/h7-8,10,13H,3-6,9,11-12H2,1-2H3/t13-/m1/s1. The van der Waals surface area contributed by atoms with Gasteiger partial charge >= 0.3 is 0 Å². The van der Waals surface area contributed by atoms with Crippen LogP contribution in [0.1, 0.15) is 33.1 Å². The molecule has 4 rings (SSSR count). The van der Waals surface area contributed by atoms with Crippen molar-refractivity contribution >= 4 is 17.7 Å². The summed E-state index contributed by atoms with van der Waals surface area (Å²) in [5.41, 5.74) is 0.927.